The van der Waals surface area contributed by atoms with Crippen LogP contribution in [0.4, 0.5) is 5.69 Å². The standard InChI is InChI=1S/C20H16N4OS/c25-19(14-26-20-23-22-18-12-6-7-13-24(18)20)21-17-11-5-4-10-16(17)15-8-2-1-3-9-15/h1-13H,14H2,(H,21,25). The predicted octanol–water partition coefficient (Wildman–Crippen LogP) is 4.13. The van der Waals surface area contributed by atoms with Gasteiger partial charge in [0.25, 0.3) is 0 Å². The Morgan fingerprint density at radius 1 is 0.923 bits per heavy atom. The van der Waals surface area contributed by atoms with E-state index in [4.69, 9.17) is 0 Å². The van der Waals surface area contributed by atoms with Crippen LogP contribution < -0.4 is 5.32 Å². The molecule has 4 aromatic rings. The molecule has 26 heavy (non-hydrogen) atoms. The summed E-state index contributed by atoms with van der Waals surface area (Å²) >= 11 is 1.36. The third kappa shape index (κ3) is 3.45. The fraction of sp³-hybridized carbons (Fsp3) is 0.0500. The van der Waals surface area contributed by atoms with Gasteiger partial charge in [0, 0.05) is 17.4 Å². The van der Waals surface area contributed by atoms with Crippen LogP contribution in [0.15, 0.2) is 84.1 Å². The van der Waals surface area contributed by atoms with E-state index in [0.717, 1.165) is 22.5 Å². The first-order valence-corrected chi connectivity index (χ1v) is 9.17. The van der Waals surface area contributed by atoms with Gasteiger partial charge >= 0.3 is 0 Å². The van der Waals surface area contributed by atoms with E-state index in [1.165, 1.54) is 11.8 Å². The minimum absolute atomic E-state index is 0.0777. The van der Waals surface area contributed by atoms with Crippen molar-refractivity contribution >= 4 is 29.0 Å². The molecule has 0 unspecified atom stereocenters. The molecule has 0 aliphatic rings. The van der Waals surface area contributed by atoms with Crippen LogP contribution in [0, 0.1) is 0 Å². The van der Waals surface area contributed by atoms with Crippen LogP contribution in [0.5, 0.6) is 0 Å². The van der Waals surface area contributed by atoms with Crippen LogP contribution in [0.1, 0.15) is 0 Å². The summed E-state index contributed by atoms with van der Waals surface area (Å²) in [4.78, 5) is 12.4. The summed E-state index contributed by atoms with van der Waals surface area (Å²) in [7, 11) is 0. The first-order chi connectivity index (χ1) is 12.8. The van der Waals surface area contributed by atoms with Gasteiger partial charge in [-0.15, -0.1) is 10.2 Å². The Labute approximate surface area is 155 Å². The van der Waals surface area contributed by atoms with Gasteiger partial charge in [0.1, 0.15) is 0 Å². The average Bonchev–Trinajstić information content (AvgIpc) is 3.11. The van der Waals surface area contributed by atoms with E-state index in [1.54, 1.807) is 0 Å². The summed E-state index contributed by atoms with van der Waals surface area (Å²) in [5, 5.41) is 11.9. The van der Waals surface area contributed by atoms with Gasteiger partial charge in [-0.2, -0.15) is 0 Å². The highest BCUT2D eigenvalue weighted by molar-refractivity contribution is 7.99. The minimum atomic E-state index is -0.0777. The highest BCUT2D eigenvalue weighted by Gasteiger charge is 2.11. The van der Waals surface area contributed by atoms with Crippen LogP contribution in [0.3, 0.4) is 0 Å². The summed E-state index contributed by atoms with van der Waals surface area (Å²) < 4.78 is 1.87. The van der Waals surface area contributed by atoms with Crippen LogP contribution in [0.25, 0.3) is 16.8 Å². The summed E-state index contributed by atoms with van der Waals surface area (Å²) in [6.45, 7) is 0. The monoisotopic (exact) mass is 360 g/mol. The summed E-state index contributed by atoms with van der Waals surface area (Å²) in [5.74, 6) is 0.185. The van der Waals surface area contributed by atoms with Crippen molar-refractivity contribution in [3.8, 4) is 11.1 Å². The van der Waals surface area contributed by atoms with Crippen molar-refractivity contribution in [3.05, 3.63) is 79.0 Å². The molecule has 0 aliphatic heterocycles. The molecule has 2 heterocycles. The van der Waals surface area contributed by atoms with Crippen molar-refractivity contribution in [1.29, 1.82) is 0 Å². The van der Waals surface area contributed by atoms with Gasteiger partial charge < -0.3 is 5.32 Å². The lowest BCUT2D eigenvalue weighted by Crippen LogP contribution is -2.15. The van der Waals surface area contributed by atoms with Crippen LogP contribution in [-0.4, -0.2) is 26.3 Å². The van der Waals surface area contributed by atoms with Gasteiger partial charge in [-0.25, -0.2) is 0 Å². The van der Waals surface area contributed by atoms with Crippen molar-refractivity contribution < 1.29 is 4.79 Å². The third-order valence-electron chi connectivity index (χ3n) is 3.90. The van der Waals surface area contributed by atoms with Gasteiger partial charge in [0.05, 0.1) is 5.75 Å². The van der Waals surface area contributed by atoms with Gasteiger partial charge in [-0.3, -0.25) is 9.20 Å². The first kappa shape index (κ1) is 16.4. The van der Waals surface area contributed by atoms with E-state index in [1.807, 2.05) is 83.4 Å². The molecule has 1 amide bonds. The van der Waals surface area contributed by atoms with Gasteiger partial charge in [0.2, 0.25) is 5.91 Å². The molecule has 0 aliphatic carbocycles. The Morgan fingerprint density at radius 3 is 2.58 bits per heavy atom. The number of aromatic nitrogens is 3. The second-order valence-corrected chi connectivity index (χ2v) is 6.60. The number of amides is 1. The summed E-state index contributed by atoms with van der Waals surface area (Å²) in [6.07, 6.45) is 1.89. The van der Waals surface area contributed by atoms with E-state index in [0.29, 0.717) is 5.16 Å². The zero-order chi connectivity index (χ0) is 17.8. The lowest BCUT2D eigenvalue weighted by molar-refractivity contribution is -0.113. The maximum Gasteiger partial charge on any atom is 0.234 e. The molecule has 1 N–H and O–H groups in total. The number of nitrogens with zero attached hydrogens (tertiary/aromatic N) is 3. The second kappa shape index (κ2) is 7.41. The Morgan fingerprint density at radius 2 is 1.69 bits per heavy atom. The number of fused-ring (bicyclic) bond motifs is 1. The zero-order valence-electron chi connectivity index (χ0n) is 13.9. The van der Waals surface area contributed by atoms with E-state index < -0.39 is 0 Å². The topological polar surface area (TPSA) is 59.3 Å². The maximum atomic E-state index is 12.4. The number of pyridine rings is 1. The summed E-state index contributed by atoms with van der Waals surface area (Å²) in [6, 6.07) is 23.5. The Hall–Kier alpha value is -3.12. The highest BCUT2D eigenvalue weighted by Crippen LogP contribution is 2.28. The molecular weight excluding hydrogens is 344 g/mol. The number of carbonyl (C=O) groups is 1. The number of hydrogen-bond acceptors (Lipinski definition) is 4. The molecular formula is C20H16N4OS. The van der Waals surface area contributed by atoms with Crippen LogP contribution >= 0.6 is 11.8 Å². The maximum absolute atomic E-state index is 12.4. The lowest BCUT2D eigenvalue weighted by atomic mass is 10.0. The second-order valence-electron chi connectivity index (χ2n) is 5.66. The molecule has 2 aromatic carbocycles. The largest absolute Gasteiger partial charge is 0.325 e. The molecule has 0 bridgehead atoms. The minimum Gasteiger partial charge on any atom is -0.325 e. The first-order valence-electron chi connectivity index (χ1n) is 8.18. The number of para-hydroxylation sites is 1. The highest BCUT2D eigenvalue weighted by atomic mass is 32.2. The number of thioether (sulfide) groups is 1. The van der Waals surface area contributed by atoms with Gasteiger partial charge in [0.15, 0.2) is 10.8 Å². The predicted molar refractivity (Wildman–Crippen MR) is 104 cm³/mol. The van der Waals surface area contributed by atoms with E-state index >= 15 is 0 Å². The van der Waals surface area contributed by atoms with Crippen molar-refractivity contribution in [2.24, 2.45) is 0 Å². The Kier molecular flexibility index (Phi) is 4.66. The molecule has 0 radical (unpaired) electrons. The van der Waals surface area contributed by atoms with Crippen molar-refractivity contribution in [2.45, 2.75) is 5.16 Å². The number of anilines is 1. The van der Waals surface area contributed by atoms with E-state index in [-0.39, 0.29) is 11.7 Å². The SMILES string of the molecule is O=C(CSc1nnc2ccccn12)Nc1ccccc1-c1ccccc1. The molecule has 0 saturated heterocycles. The molecule has 0 fully saturated rings. The molecule has 0 atom stereocenters. The fourth-order valence-electron chi connectivity index (χ4n) is 2.70. The number of carbonyl (C=O) groups excluding carboxylic acids is 1. The average molecular weight is 360 g/mol. The van der Waals surface area contributed by atoms with E-state index in [9.17, 15) is 4.79 Å². The molecule has 6 heteroatoms. The molecule has 4 rings (SSSR count). The molecule has 5 nitrogen and oxygen atoms in total. The van der Waals surface area contributed by atoms with Gasteiger partial charge in [-0.1, -0.05) is 66.4 Å². The molecule has 128 valence electrons. The smallest absolute Gasteiger partial charge is 0.234 e. The van der Waals surface area contributed by atoms with Crippen molar-refractivity contribution in [3.63, 3.8) is 0 Å². The fourth-order valence-corrected chi connectivity index (χ4v) is 3.42. The molecule has 0 saturated carbocycles. The third-order valence-corrected chi connectivity index (χ3v) is 4.84. The number of benzene rings is 2. The lowest BCUT2D eigenvalue weighted by Gasteiger charge is -2.11. The molecule has 2 aromatic heterocycles. The number of hydrogen-bond donors (Lipinski definition) is 1. The Balaban J connectivity index is 1.47. The van der Waals surface area contributed by atoms with Crippen molar-refractivity contribution in [1.82, 2.24) is 14.6 Å². The van der Waals surface area contributed by atoms with Crippen molar-refractivity contribution in [2.75, 3.05) is 11.1 Å². The normalized spacial score (nSPS) is 10.8. The number of rotatable bonds is 5. The molecule has 0 spiro atoms. The van der Waals surface area contributed by atoms with E-state index in [2.05, 4.69) is 15.5 Å². The number of nitrogens with one attached hydrogen (secondary N) is 1. The van der Waals surface area contributed by atoms with Crippen LogP contribution in [0.2, 0.25) is 0 Å². The quantitative estimate of drug-likeness (QED) is 0.544. The summed E-state index contributed by atoms with van der Waals surface area (Å²) in [5.41, 5.74) is 3.64. The Bertz CT molecular complexity index is 1050. The van der Waals surface area contributed by atoms with Gasteiger partial charge in [-0.05, 0) is 23.8 Å². The zero-order valence-corrected chi connectivity index (χ0v) is 14.7. The van der Waals surface area contributed by atoms with Crippen LogP contribution in [-0.2, 0) is 4.79 Å².